The van der Waals surface area contributed by atoms with Gasteiger partial charge in [0.2, 0.25) is 5.91 Å². The van der Waals surface area contributed by atoms with E-state index >= 15 is 0 Å². The van der Waals surface area contributed by atoms with Crippen LogP contribution >= 0.6 is 0 Å². The lowest BCUT2D eigenvalue weighted by Gasteiger charge is -2.23. The molecule has 0 aromatic carbocycles. The summed E-state index contributed by atoms with van der Waals surface area (Å²) in [5.74, 6) is -2.12. The van der Waals surface area contributed by atoms with Crippen molar-refractivity contribution in [3.63, 3.8) is 0 Å². The second-order valence-electron chi connectivity index (χ2n) is 4.43. The first kappa shape index (κ1) is 13.3. The van der Waals surface area contributed by atoms with Crippen LogP contribution in [0.25, 0.3) is 0 Å². The van der Waals surface area contributed by atoms with Gasteiger partial charge in [-0.3, -0.25) is 9.59 Å². The van der Waals surface area contributed by atoms with Crippen molar-refractivity contribution in [3.05, 3.63) is 0 Å². The average molecular weight is 243 g/mol. The largest absolute Gasteiger partial charge is 0.481 e. The van der Waals surface area contributed by atoms with Crippen LogP contribution in [0.4, 0.5) is 4.79 Å². The van der Waals surface area contributed by atoms with E-state index in [1.807, 2.05) is 0 Å². The standard InChI is InChI=1S/C10H17N3O4/c1-6-3-13(4-7(6)9(15)16)10(17)12(2)5-8(11)14/h6-7H,3-5H2,1-2H3,(H2,11,14)(H,15,16). The Bertz CT molecular complexity index is 344. The highest BCUT2D eigenvalue weighted by Crippen LogP contribution is 2.23. The number of carboxylic acids is 1. The van der Waals surface area contributed by atoms with E-state index in [4.69, 9.17) is 10.8 Å². The zero-order valence-electron chi connectivity index (χ0n) is 9.92. The molecule has 1 fully saturated rings. The molecule has 2 unspecified atom stereocenters. The highest BCUT2D eigenvalue weighted by molar-refractivity contribution is 5.83. The van der Waals surface area contributed by atoms with Gasteiger partial charge in [0.1, 0.15) is 6.54 Å². The Morgan fingerprint density at radius 2 is 2.00 bits per heavy atom. The number of aliphatic carboxylic acids is 1. The fourth-order valence-corrected chi connectivity index (χ4v) is 1.99. The molecule has 7 heteroatoms. The molecule has 0 aliphatic carbocycles. The third kappa shape index (κ3) is 3.08. The summed E-state index contributed by atoms with van der Waals surface area (Å²) >= 11 is 0. The first-order chi connectivity index (χ1) is 7.82. The summed E-state index contributed by atoms with van der Waals surface area (Å²) in [5.41, 5.74) is 4.99. The number of hydrogen-bond donors (Lipinski definition) is 2. The molecule has 0 saturated carbocycles. The second-order valence-corrected chi connectivity index (χ2v) is 4.43. The van der Waals surface area contributed by atoms with Crippen molar-refractivity contribution in [1.82, 2.24) is 9.80 Å². The number of urea groups is 1. The summed E-state index contributed by atoms with van der Waals surface area (Å²) in [7, 11) is 1.46. The van der Waals surface area contributed by atoms with Gasteiger partial charge in [0.25, 0.3) is 0 Å². The zero-order chi connectivity index (χ0) is 13.2. The minimum Gasteiger partial charge on any atom is -0.481 e. The Hall–Kier alpha value is -1.79. The predicted octanol–water partition coefficient (Wildman–Crippen LogP) is -0.824. The van der Waals surface area contributed by atoms with Gasteiger partial charge < -0.3 is 20.6 Å². The molecular weight excluding hydrogens is 226 g/mol. The molecule has 1 heterocycles. The van der Waals surface area contributed by atoms with E-state index in [0.29, 0.717) is 6.54 Å². The van der Waals surface area contributed by atoms with Gasteiger partial charge in [-0.25, -0.2) is 4.79 Å². The molecule has 0 aromatic rings. The number of nitrogens with zero attached hydrogens (tertiary/aromatic N) is 2. The van der Waals surface area contributed by atoms with Crippen LogP contribution in [-0.4, -0.2) is 59.5 Å². The highest BCUT2D eigenvalue weighted by atomic mass is 16.4. The Morgan fingerprint density at radius 1 is 1.41 bits per heavy atom. The van der Waals surface area contributed by atoms with Crippen molar-refractivity contribution in [2.75, 3.05) is 26.7 Å². The lowest BCUT2D eigenvalue weighted by atomic mass is 9.99. The predicted molar refractivity (Wildman–Crippen MR) is 59.1 cm³/mol. The smallest absolute Gasteiger partial charge is 0.320 e. The molecule has 7 nitrogen and oxygen atoms in total. The molecule has 1 rings (SSSR count). The van der Waals surface area contributed by atoms with Gasteiger partial charge in [0.05, 0.1) is 5.92 Å². The van der Waals surface area contributed by atoms with Crippen LogP contribution in [0, 0.1) is 11.8 Å². The van der Waals surface area contributed by atoms with Crippen molar-refractivity contribution < 1.29 is 19.5 Å². The molecule has 0 bridgehead atoms. The topological polar surface area (TPSA) is 104 Å². The minimum atomic E-state index is -0.898. The fourth-order valence-electron chi connectivity index (χ4n) is 1.99. The Balaban J connectivity index is 2.61. The number of amides is 3. The number of carboxylic acid groups (broad SMARTS) is 1. The lowest BCUT2D eigenvalue weighted by molar-refractivity contribution is -0.142. The SMILES string of the molecule is CC1CN(C(=O)N(C)CC(N)=O)CC1C(=O)O. The van der Waals surface area contributed by atoms with Crippen LogP contribution in [0.3, 0.4) is 0 Å². The summed E-state index contributed by atoms with van der Waals surface area (Å²) in [5, 5.41) is 8.94. The normalized spacial score (nSPS) is 23.5. The van der Waals surface area contributed by atoms with E-state index in [9.17, 15) is 14.4 Å². The summed E-state index contributed by atoms with van der Waals surface area (Å²) < 4.78 is 0. The van der Waals surface area contributed by atoms with Gasteiger partial charge in [-0.1, -0.05) is 6.92 Å². The number of primary amides is 1. The van der Waals surface area contributed by atoms with E-state index in [2.05, 4.69) is 0 Å². The zero-order valence-corrected chi connectivity index (χ0v) is 9.92. The maximum Gasteiger partial charge on any atom is 0.320 e. The number of hydrogen-bond acceptors (Lipinski definition) is 3. The van der Waals surface area contributed by atoms with Gasteiger partial charge in [0, 0.05) is 20.1 Å². The quantitative estimate of drug-likeness (QED) is 0.675. The molecule has 1 aliphatic rings. The van der Waals surface area contributed by atoms with Gasteiger partial charge in [-0.15, -0.1) is 0 Å². The van der Waals surface area contributed by atoms with Gasteiger partial charge in [0.15, 0.2) is 0 Å². The van der Waals surface area contributed by atoms with Crippen molar-refractivity contribution in [2.24, 2.45) is 17.6 Å². The van der Waals surface area contributed by atoms with Crippen molar-refractivity contribution >= 4 is 17.9 Å². The number of carbonyl (C=O) groups excluding carboxylic acids is 2. The minimum absolute atomic E-state index is 0.0848. The maximum absolute atomic E-state index is 11.8. The molecule has 0 aromatic heterocycles. The molecule has 3 N–H and O–H groups in total. The number of likely N-dealkylation sites (N-methyl/N-ethyl adjacent to an activating group) is 1. The number of likely N-dealkylation sites (tertiary alicyclic amines) is 1. The first-order valence-electron chi connectivity index (χ1n) is 5.34. The second kappa shape index (κ2) is 5.03. The van der Waals surface area contributed by atoms with Crippen molar-refractivity contribution in [3.8, 4) is 0 Å². The molecule has 1 saturated heterocycles. The van der Waals surface area contributed by atoms with Crippen LogP contribution in [0.1, 0.15) is 6.92 Å². The molecular formula is C10H17N3O4. The Labute approximate surface area is 99.2 Å². The van der Waals surface area contributed by atoms with Crippen molar-refractivity contribution in [2.45, 2.75) is 6.92 Å². The summed E-state index contributed by atoms with van der Waals surface area (Å²) in [6.45, 7) is 2.19. The summed E-state index contributed by atoms with van der Waals surface area (Å²) in [6, 6.07) is -0.362. The van der Waals surface area contributed by atoms with E-state index in [-0.39, 0.29) is 25.0 Å². The summed E-state index contributed by atoms with van der Waals surface area (Å²) in [4.78, 5) is 36.1. The van der Waals surface area contributed by atoms with E-state index in [1.165, 1.54) is 16.8 Å². The third-order valence-electron chi connectivity index (χ3n) is 2.92. The average Bonchev–Trinajstić information content (AvgIpc) is 2.58. The van der Waals surface area contributed by atoms with Crippen LogP contribution in [0.2, 0.25) is 0 Å². The number of nitrogens with two attached hydrogens (primary N) is 1. The lowest BCUT2D eigenvalue weighted by Crippen LogP contribution is -2.43. The van der Waals surface area contributed by atoms with Gasteiger partial charge >= 0.3 is 12.0 Å². The monoisotopic (exact) mass is 243 g/mol. The van der Waals surface area contributed by atoms with Crippen molar-refractivity contribution in [1.29, 1.82) is 0 Å². The maximum atomic E-state index is 11.8. The van der Waals surface area contributed by atoms with Gasteiger partial charge in [-0.2, -0.15) is 0 Å². The third-order valence-corrected chi connectivity index (χ3v) is 2.92. The first-order valence-corrected chi connectivity index (χ1v) is 5.34. The molecule has 96 valence electrons. The fraction of sp³-hybridized carbons (Fsp3) is 0.700. The molecule has 1 aliphatic heterocycles. The van der Waals surface area contributed by atoms with Crippen LogP contribution in [0.5, 0.6) is 0 Å². The molecule has 2 atom stereocenters. The summed E-state index contributed by atoms with van der Waals surface area (Å²) in [6.07, 6.45) is 0. The Morgan fingerprint density at radius 3 is 2.41 bits per heavy atom. The van der Waals surface area contributed by atoms with E-state index in [0.717, 1.165) is 0 Å². The van der Waals surface area contributed by atoms with Gasteiger partial charge in [-0.05, 0) is 5.92 Å². The highest BCUT2D eigenvalue weighted by Gasteiger charge is 2.37. The number of rotatable bonds is 3. The number of carbonyl (C=O) groups is 3. The van der Waals surface area contributed by atoms with Crippen LogP contribution < -0.4 is 5.73 Å². The van der Waals surface area contributed by atoms with E-state index in [1.54, 1.807) is 6.92 Å². The Kier molecular flexibility index (Phi) is 3.93. The van der Waals surface area contributed by atoms with Crippen LogP contribution in [0.15, 0.2) is 0 Å². The molecule has 0 radical (unpaired) electrons. The van der Waals surface area contributed by atoms with E-state index < -0.39 is 17.8 Å². The molecule has 3 amide bonds. The molecule has 0 spiro atoms. The molecule has 17 heavy (non-hydrogen) atoms. The van der Waals surface area contributed by atoms with Crippen LogP contribution in [-0.2, 0) is 9.59 Å².